The molecule has 3 heterocycles. The number of halogens is 1. The molecule has 198 valence electrons. The van der Waals surface area contributed by atoms with Crippen molar-refractivity contribution in [3.05, 3.63) is 78.0 Å². The molecule has 3 aromatic heterocycles. The van der Waals surface area contributed by atoms with Crippen LogP contribution in [0.5, 0.6) is 0 Å². The van der Waals surface area contributed by atoms with Gasteiger partial charge in [0.1, 0.15) is 28.8 Å². The van der Waals surface area contributed by atoms with Crippen LogP contribution < -0.4 is 5.32 Å². The monoisotopic (exact) mass is 516 g/mol. The second-order valence-corrected chi connectivity index (χ2v) is 10.8. The van der Waals surface area contributed by atoms with Crippen molar-refractivity contribution in [2.24, 2.45) is 11.8 Å². The molecule has 0 radical (unpaired) electrons. The van der Waals surface area contributed by atoms with Crippen molar-refractivity contribution < 1.29 is 18.7 Å². The van der Waals surface area contributed by atoms with Gasteiger partial charge in [0.2, 0.25) is 5.91 Å². The van der Waals surface area contributed by atoms with E-state index in [2.05, 4.69) is 20.3 Å². The number of carbonyl (C=O) groups excluding carboxylic acids is 2. The lowest BCUT2D eigenvalue weighted by Crippen LogP contribution is -2.36. The number of anilines is 1. The summed E-state index contributed by atoms with van der Waals surface area (Å²) in [5, 5.41) is 3.68. The Morgan fingerprint density at radius 2 is 1.71 bits per heavy atom. The van der Waals surface area contributed by atoms with Gasteiger partial charge in [-0.15, -0.1) is 0 Å². The third-order valence-corrected chi connectivity index (χ3v) is 5.96. The molecule has 0 saturated heterocycles. The predicted molar refractivity (Wildman–Crippen MR) is 146 cm³/mol. The number of hydrogen-bond donors (Lipinski definition) is 2. The Morgan fingerprint density at radius 1 is 1.03 bits per heavy atom. The first-order valence-corrected chi connectivity index (χ1v) is 12.7. The number of aromatic amines is 1. The van der Waals surface area contributed by atoms with E-state index >= 15 is 0 Å². The molecule has 1 aromatic carbocycles. The maximum Gasteiger partial charge on any atom is 0.319 e. The average molecular weight is 517 g/mol. The molecule has 0 aliphatic rings. The minimum Gasteiger partial charge on any atom is -0.459 e. The molecule has 7 nitrogen and oxygen atoms in total. The van der Waals surface area contributed by atoms with E-state index in [-0.39, 0.29) is 11.7 Å². The highest BCUT2D eigenvalue weighted by Gasteiger charge is 2.32. The first-order chi connectivity index (χ1) is 18.0. The summed E-state index contributed by atoms with van der Waals surface area (Å²) in [5.41, 5.74) is 3.66. The molecule has 38 heavy (non-hydrogen) atoms. The number of nitrogens with zero attached hydrogens (tertiary/aromatic N) is 2. The topological polar surface area (TPSA) is 97.0 Å². The fourth-order valence-electron chi connectivity index (χ4n) is 4.35. The highest BCUT2D eigenvalue weighted by atomic mass is 19.1. The van der Waals surface area contributed by atoms with E-state index in [0.29, 0.717) is 24.3 Å². The van der Waals surface area contributed by atoms with Gasteiger partial charge >= 0.3 is 5.97 Å². The van der Waals surface area contributed by atoms with E-state index in [4.69, 9.17) is 4.74 Å². The molecule has 4 aromatic rings. The first-order valence-electron chi connectivity index (χ1n) is 12.7. The maximum atomic E-state index is 13.5. The number of pyridine rings is 2. The molecule has 0 aliphatic heterocycles. The van der Waals surface area contributed by atoms with Gasteiger partial charge in [-0.05, 0) is 80.6 Å². The van der Waals surface area contributed by atoms with Crippen molar-refractivity contribution in [3.63, 3.8) is 0 Å². The SMILES string of the molecule is CC(C)C[C@H](C(=O)Nc1ccc2c(-c3ccncc3)c(Cc3ccc(F)cc3)[nH]c2n1)C(=O)OC(C)(C)C. The number of ether oxygens (including phenoxy) is 1. The van der Waals surface area contributed by atoms with Crippen molar-refractivity contribution in [3.8, 4) is 11.1 Å². The number of nitrogens with one attached hydrogen (secondary N) is 2. The van der Waals surface area contributed by atoms with Crippen LogP contribution in [0.2, 0.25) is 0 Å². The number of esters is 1. The first kappa shape index (κ1) is 27.0. The third kappa shape index (κ3) is 6.62. The number of benzene rings is 1. The molecule has 1 atom stereocenters. The average Bonchev–Trinajstić information content (AvgIpc) is 3.20. The van der Waals surface area contributed by atoms with Gasteiger partial charge < -0.3 is 15.0 Å². The summed E-state index contributed by atoms with van der Waals surface area (Å²) in [4.78, 5) is 38.1. The number of aromatic nitrogens is 3. The Bertz CT molecular complexity index is 1420. The Morgan fingerprint density at radius 3 is 2.34 bits per heavy atom. The van der Waals surface area contributed by atoms with Gasteiger partial charge in [0.15, 0.2) is 0 Å². The lowest BCUT2D eigenvalue weighted by atomic mass is 9.96. The molecule has 0 aliphatic carbocycles. The Labute approximate surface area is 221 Å². The molecular weight excluding hydrogens is 483 g/mol. The smallest absolute Gasteiger partial charge is 0.319 e. The van der Waals surface area contributed by atoms with E-state index < -0.39 is 23.4 Å². The summed E-state index contributed by atoms with van der Waals surface area (Å²) < 4.78 is 19.0. The van der Waals surface area contributed by atoms with Crippen molar-refractivity contribution in [2.45, 2.75) is 53.1 Å². The number of carbonyl (C=O) groups is 2. The van der Waals surface area contributed by atoms with Gasteiger partial charge in [-0.1, -0.05) is 26.0 Å². The van der Waals surface area contributed by atoms with Gasteiger partial charge in [0, 0.05) is 35.5 Å². The number of hydrogen-bond acceptors (Lipinski definition) is 5. The van der Waals surface area contributed by atoms with Gasteiger partial charge in [-0.25, -0.2) is 9.37 Å². The molecule has 0 spiro atoms. The fourth-order valence-corrected chi connectivity index (χ4v) is 4.35. The lowest BCUT2D eigenvalue weighted by Gasteiger charge is -2.24. The zero-order valence-corrected chi connectivity index (χ0v) is 22.3. The van der Waals surface area contributed by atoms with Gasteiger partial charge in [-0.3, -0.25) is 14.6 Å². The van der Waals surface area contributed by atoms with E-state index in [1.165, 1.54) is 12.1 Å². The van der Waals surface area contributed by atoms with Crippen LogP contribution in [0.25, 0.3) is 22.2 Å². The van der Waals surface area contributed by atoms with Crippen molar-refractivity contribution in [2.75, 3.05) is 5.32 Å². The molecule has 8 heteroatoms. The van der Waals surface area contributed by atoms with Crippen LogP contribution in [-0.2, 0) is 20.7 Å². The van der Waals surface area contributed by atoms with Crippen LogP contribution >= 0.6 is 0 Å². The summed E-state index contributed by atoms with van der Waals surface area (Å²) in [6.07, 6.45) is 4.34. The zero-order valence-electron chi connectivity index (χ0n) is 22.3. The maximum absolute atomic E-state index is 13.5. The minimum atomic E-state index is -0.947. The molecule has 0 unspecified atom stereocenters. The molecule has 2 N–H and O–H groups in total. The number of fused-ring (bicyclic) bond motifs is 1. The molecule has 4 rings (SSSR count). The van der Waals surface area contributed by atoms with Crippen LogP contribution in [0.15, 0.2) is 60.9 Å². The second-order valence-electron chi connectivity index (χ2n) is 10.8. The summed E-state index contributed by atoms with van der Waals surface area (Å²) in [6.45, 7) is 9.24. The Hall–Kier alpha value is -4.07. The van der Waals surface area contributed by atoms with Crippen molar-refractivity contribution >= 4 is 28.7 Å². The predicted octanol–water partition coefficient (Wildman–Crippen LogP) is 6.30. The van der Waals surface area contributed by atoms with Gasteiger partial charge in [0.25, 0.3) is 0 Å². The van der Waals surface area contributed by atoms with E-state index in [9.17, 15) is 14.0 Å². The molecule has 0 fully saturated rings. The lowest BCUT2D eigenvalue weighted by molar-refractivity contribution is -0.162. The highest BCUT2D eigenvalue weighted by molar-refractivity contribution is 6.05. The summed E-state index contributed by atoms with van der Waals surface area (Å²) in [5.74, 6) is -1.79. The summed E-state index contributed by atoms with van der Waals surface area (Å²) in [6, 6.07) is 13.8. The Balaban J connectivity index is 1.67. The zero-order chi connectivity index (χ0) is 27.4. The Kier molecular flexibility index (Phi) is 7.90. The van der Waals surface area contributed by atoms with Crippen molar-refractivity contribution in [1.82, 2.24) is 15.0 Å². The second kappa shape index (κ2) is 11.1. The van der Waals surface area contributed by atoms with E-state index in [0.717, 1.165) is 27.8 Å². The number of H-pyrrole nitrogens is 1. The minimum absolute atomic E-state index is 0.119. The molecule has 0 saturated carbocycles. The molecule has 1 amide bonds. The molecule has 0 bridgehead atoms. The largest absolute Gasteiger partial charge is 0.459 e. The summed E-state index contributed by atoms with van der Waals surface area (Å²) >= 11 is 0. The quantitative estimate of drug-likeness (QED) is 0.212. The van der Waals surface area contributed by atoms with Crippen LogP contribution in [0.3, 0.4) is 0 Å². The van der Waals surface area contributed by atoms with Crippen LogP contribution in [0, 0.1) is 17.7 Å². The molecular formula is C30H33FN4O3. The summed E-state index contributed by atoms with van der Waals surface area (Å²) in [7, 11) is 0. The van der Waals surface area contributed by atoms with E-state index in [1.54, 1.807) is 51.4 Å². The highest BCUT2D eigenvalue weighted by Crippen LogP contribution is 2.33. The van der Waals surface area contributed by atoms with Crippen LogP contribution in [0.1, 0.15) is 52.3 Å². The number of rotatable bonds is 8. The van der Waals surface area contributed by atoms with Crippen molar-refractivity contribution in [1.29, 1.82) is 0 Å². The fraction of sp³-hybridized carbons (Fsp3) is 0.333. The van der Waals surface area contributed by atoms with Crippen LogP contribution in [0.4, 0.5) is 10.2 Å². The van der Waals surface area contributed by atoms with Crippen LogP contribution in [-0.4, -0.2) is 32.4 Å². The third-order valence-electron chi connectivity index (χ3n) is 5.96. The van der Waals surface area contributed by atoms with Gasteiger partial charge in [0.05, 0.1) is 0 Å². The number of amides is 1. The van der Waals surface area contributed by atoms with Gasteiger partial charge in [-0.2, -0.15) is 0 Å². The normalized spacial score (nSPS) is 12.5. The standard InChI is InChI=1S/C30H33FN4O3/c1-18(2)16-23(29(37)38-30(3,4)5)28(36)35-25-11-10-22-26(20-12-14-32-15-13-20)24(33-27(22)34-25)17-19-6-8-21(31)9-7-19/h6-15,18,23H,16-17H2,1-5H3,(H2,33,34,35,36)/t23-/m1/s1. The van der Waals surface area contributed by atoms with E-state index in [1.807, 2.05) is 32.0 Å².